The van der Waals surface area contributed by atoms with E-state index in [0.29, 0.717) is 12.7 Å². The molecule has 3 aliphatic rings. The Balaban J connectivity index is 0.000000197. The third-order valence-corrected chi connectivity index (χ3v) is 6.99. The third-order valence-electron chi connectivity index (χ3n) is 6.99. The van der Waals surface area contributed by atoms with E-state index in [1.807, 2.05) is 61.7 Å². The van der Waals surface area contributed by atoms with Gasteiger partial charge in [-0.25, -0.2) is 0 Å². The van der Waals surface area contributed by atoms with Gasteiger partial charge in [0.1, 0.15) is 0 Å². The van der Waals surface area contributed by atoms with Gasteiger partial charge in [0.2, 0.25) is 0 Å². The number of hydrogen-bond donors (Lipinski definition) is 1. The molecule has 1 N–H and O–H groups in total. The number of hydrogen-bond acceptors (Lipinski definition) is 7. The van der Waals surface area contributed by atoms with Gasteiger partial charge in [0.15, 0.2) is 6.29 Å². The quantitative estimate of drug-likeness (QED) is 0.270. The number of halogens is 1. The number of rotatable bonds is 5. The molecule has 0 aliphatic carbocycles. The van der Waals surface area contributed by atoms with E-state index in [9.17, 15) is 0 Å². The molecule has 3 aliphatic heterocycles. The van der Waals surface area contributed by atoms with Crippen molar-refractivity contribution in [3.63, 3.8) is 0 Å². The Morgan fingerprint density at radius 3 is 2.04 bits per heavy atom. The number of aliphatic hydroxyl groups is 1. The number of ether oxygens (including phenoxy) is 3. The maximum absolute atomic E-state index is 7.49. The van der Waals surface area contributed by atoms with Crippen LogP contribution in [0.2, 0.25) is 0 Å². The molecule has 3 aromatic rings. The molecule has 2 fully saturated rings. The summed E-state index contributed by atoms with van der Waals surface area (Å²) < 4.78 is 16.7. The molecule has 6 heterocycles. The van der Waals surface area contributed by atoms with E-state index in [2.05, 4.69) is 56.6 Å². The number of aromatic nitrogens is 3. The molecule has 8 nitrogen and oxygen atoms in total. The number of pyridine rings is 3. The van der Waals surface area contributed by atoms with Gasteiger partial charge in [-0.05, 0) is 118 Å². The first-order valence-corrected chi connectivity index (χ1v) is 16.6. The first kappa shape index (κ1) is 36.3. The highest BCUT2D eigenvalue weighted by atomic mass is 79.9. The fourth-order valence-corrected chi connectivity index (χ4v) is 4.60. The fourth-order valence-electron chi connectivity index (χ4n) is 4.60. The van der Waals surface area contributed by atoms with Crippen molar-refractivity contribution in [1.82, 2.24) is 15.0 Å². The second-order valence-corrected chi connectivity index (χ2v) is 11.4. The van der Waals surface area contributed by atoms with Gasteiger partial charge < -0.3 is 24.6 Å². The van der Waals surface area contributed by atoms with Crippen LogP contribution in [0.15, 0.2) is 85.5 Å². The molecule has 0 bridgehead atoms. The summed E-state index contributed by atoms with van der Waals surface area (Å²) in [5, 5.41) is 11.7. The molecule has 2 unspecified atom stereocenters. The molecular weight excluding hydrogens is 632 g/mol. The Bertz CT molecular complexity index is 1370. The van der Waals surface area contributed by atoms with Crippen LogP contribution in [0, 0.1) is 13.8 Å². The van der Waals surface area contributed by atoms with Gasteiger partial charge in [-0.3, -0.25) is 15.0 Å². The summed E-state index contributed by atoms with van der Waals surface area (Å²) in [7, 11) is 0. The van der Waals surface area contributed by atoms with Crippen molar-refractivity contribution < 1.29 is 19.3 Å². The van der Waals surface area contributed by atoms with E-state index in [1.165, 1.54) is 36.8 Å². The molecule has 0 aromatic carbocycles. The van der Waals surface area contributed by atoms with E-state index in [0.717, 1.165) is 60.0 Å². The zero-order chi connectivity index (χ0) is 32.3. The zero-order valence-electron chi connectivity index (χ0n) is 26.7. The van der Waals surface area contributed by atoms with Crippen LogP contribution in [0.5, 0.6) is 0 Å². The zero-order valence-corrected chi connectivity index (χ0v) is 28.3. The monoisotopic (exact) mass is 677 g/mol. The molecule has 242 valence electrons. The molecule has 2 atom stereocenters. The third kappa shape index (κ3) is 14.2. The van der Waals surface area contributed by atoms with Crippen LogP contribution in [0.1, 0.15) is 67.8 Å². The molecule has 0 radical (unpaired) electrons. The van der Waals surface area contributed by atoms with Crippen molar-refractivity contribution in [3.8, 4) is 11.4 Å². The molecule has 6 rings (SSSR count). The highest BCUT2D eigenvalue weighted by molar-refractivity contribution is 9.09. The van der Waals surface area contributed by atoms with Crippen LogP contribution >= 0.6 is 15.9 Å². The molecular formula is C36H46BrN4O4-. The predicted molar refractivity (Wildman–Crippen MR) is 184 cm³/mol. The van der Waals surface area contributed by atoms with Gasteiger partial charge in [-0.2, -0.15) is 6.20 Å². The van der Waals surface area contributed by atoms with Gasteiger partial charge >= 0.3 is 0 Å². The number of nitrogens with zero attached hydrogens (tertiary/aromatic N) is 4. The van der Waals surface area contributed by atoms with Gasteiger partial charge in [-0.15, -0.1) is 5.70 Å². The summed E-state index contributed by atoms with van der Waals surface area (Å²) in [6.45, 7) is 12.4. The molecule has 45 heavy (non-hydrogen) atoms. The van der Waals surface area contributed by atoms with Crippen molar-refractivity contribution in [2.45, 2.75) is 78.3 Å². The van der Waals surface area contributed by atoms with E-state index in [4.69, 9.17) is 19.3 Å². The molecule has 3 aromatic heterocycles. The first-order valence-electron chi connectivity index (χ1n) is 15.5. The second-order valence-electron chi connectivity index (χ2n) is 10.9. The maximum atomic E-state index is 7.49. The topological polar surface area (TPSA) is 101 Å². The summed E-state index contributed by atoms with van der Waals surface area (Å²) in [5.41, 5.74) is 8.03. The van der Waals surface area contributed by atoms with Crippen LogP contribution < -0.4 is 0 Å². The largest absolute Gasteiger partial charge is 0.662 e. The molecule has 0 spiro atoms. The Labute approximate surface area is 276 Å². The smallest absolute Gasteiger partial charge is 0.158 e. The van der Waals surface area contributed by atoms with Crippen molar-refractivity contribution >= 4 is 21.6 Å². The number of allylic oxidation sites excluding steroid dienone is 3. The van der Waals surface area contributed by atoms with Crippen LogP contribution in [0.4, 0.5) is 0 Å². The minimum atomic E-state index is -0.0625. The van der Waals surface area contributed by atoms with Crippen molar-refractivity contribution in [2.75, 3.05) is 18.7 Å². The molecule has 9 heteroatoms. The minimum Gasteiger partial charge on any atom is -0.662 e. The number of aryl methyl sites for hydroxylation is 2. The van der Waals surface area contributed by atoms with E-state index in [-0.39, 0.29) is 11.8 Å². The lowest BCUT2D eigenvalue weighted by Crippen LogP contribution is -2.22. The molecule has 2 saturated heterocycles. The average Bonchev–Trinajstić information content (AvgIpc) is 3.06. The Hall–Kier alpha value is -3.21. The number of aliphatic hydroxyl groups excluding tert-OH is 1. The fraction of sp³-hybridized carbons (Fsp3) is 0.417. The van der Waals surface area contributed by atoms with Gasteiger partial charge in [0.05, 0.1) is 29.6 Å². The van der Waals surface area contributed by atoms with Crippen LogP contribution in [0.25, 0.3) is 22.4 Å². The van der Waals surface area contributed by atoms with Crippen LogP contribution in [0.3, 0.4) is 0 Å². The maximum Gasteiger partial charge on any atom is 0.158 e. The lowest BCUT2D eigenvalue weighted by Gasteiger charge is -2.24. The molecule has 0 amide bonds. The lowest BCUT2D eigenvalue weighted by atomic mass is 10.1. The summed E-state index contributed by atoms with van der Waals surface area (Å²) in [6, 6.07) is 12.0. The second kappa shape index (κ2) is 20.7. The lowest BCUT2D eigenvalue weighted by molar-refractivity contribution is -0.168. The van der Waals surface area contributed by atoms with Gasteiger partial charge in [0, 0.05) is 37.5 Å². The van der Waals surface area contributed by atoms with E-state index < -0.39 is 0 Å². The van der Waals surface area contributed by atoms with Gasteiger partial charge in [0.25, 0.3) is 0 Å². The summed E-state index contributed by atoms with van der Waals surface area (Å²) in [5.74, 6) is 0. The highest BCUT2D eigenvalue weighted by Crippen LogP contribution is 2.25. The van der Waals surface area contributed by atoms with E-state index in [1.54, 1.807) is 18.6 Å². The Morgan fingerprint density at radius 1 is 0.889 bits per heavy atom. The average molecular weight is 679 g/mol. The minimum absolute atomic E-state index is 0.0625. The summed E-state index contributed by atoms with van der Waals surface area (Å²) >= 11 is 2.70. The van der Waals surface area contributed by atoms with Crippen molar-refractivity contribution in [2.24, 2.45) is 0 Å². The summed E-state index contributed by atoms with van der Waals surface area (Å²) in [4.78, 5) is 13.0. The predicted octanol–water partition coefficient (Wildman–Crippen LogP) is 8.59. The SMILES string of the molecule is C=C1C=C[N-]C(c2cc(C)ccn2)=C1.CC1CCCCO1.Cc1ccnc(-c2cc(COC3CCCCO3)ccn2)c1.OCBr. The van der Waals surface area contributed by atoms with Crippen LogP contribution in [-0.2, 0) is 20.8 Å². The molecule has 0 saturated carbocycles. The first-order chi connectivity index (χ1) is 21.9. The van der Waals surface area contributed by atoms with Crippen LogP contribution in [-0.4, -0.2) is 51.2 Å². The Morgan fingerprint density at radius 2 is 1.49 bits per heavy atom. The van der Waals surface area contributed by atoms with E-state index >= 15 is 0 Å². The Kier molecular flexibility index (Phi) is 16.7. The van der Waals surface area contributed by atoms with Gasteiger partial charge in [-0.1, -0.05) is 34.7 Å². The standard InChI is InChI=1S/C17H20N2O2.C12H11N2.C6H12O.CH3BrO/c1-13-5-7-18-15(10-13)16-11-14(6-8-19-16)12-21-17-4-2-3-9-20-17;1-9-3-5-13-11(7-9)12-8-10(2)4-6-14-12;1-6-4-2-3-5-7-6;2-1-3/h5-8,10-11,17H,2-4,9,12H2,1H3;3-8H,1H2,2H3;6H,2-5H2,1H3;3H,1H2/q;-1;;. The number of alkyl halides is 1. The van der Waals surface area contributed by atoms with Crippen molar-refractivity contribution in [1.29, 1.82) is 0 Å². The normalized spacial score (nSPS) is 18.9. The van der Waals surface area contributed by atoms with Crippen molar-refractivity contribution in [3.05, 3.63) is 113 Å². The highest BCUT2D eigenvalue weighted by Gasteiger charge is 2.14. The summed E-state index contributed by atoms with van der Waals surface area (Å²) in [6.07, 6.45) is 18.6.